The number of hydrogen-bond acceptors (Lipinski definition) is 5. The number of carbonyl (C=O) groups excluding carboxylic acids is 1. The molecule has 2 N–H and O–H groups in total. The van der Waals surface area contributed by atoms with Crippen LogP contribution in [0.5, 0.6) is 5.75 Å². The lowest BCUT2D eigenvalue weighted by molar-refractivity contribution is -0.133. The van der Waals surface area contributed by atoms with Crippen LogP contribution in [0.25, 0.3) is 0 Å². The van der Waals surface area contributed by atoms with Gasteiger partial charge in [-0.1, -0.05) is 36.7 Å². The first-order chi connectivity index (χ1) is 16.8. The monoisotopic (exact) mass is 519 g/mol. The van der Waals surface area contributed by atoms with Gasteiger partial charge in [-0.05, 0) is 68.1 Å². The highest BCUT2D eigenvalue weighted by Gasteiger charge is 2.27. The number of rotatable bonds is 13. The van der Waals surface area contributed by atoms with Crippen molar-refractivity contribution < 1.29 is 17.9 Å². The Kier molecular flexibility index (Phi) is 10.2. The van der Waals surface area contributed by atoms with E-state index >= 15 is 0 Å². The lowest BCUT2D eigenvalue weighted by Gasteiger charge is -2.27. The third-order valence-corrected chi connectivity index (χ3v) is 7.51. The largest absolute Gasteiger partial charge is 0.493 e. The summed E-state index contributed by atoms with van der Waals surface area (Å²) in [5.74, 6) is 0.784. The second-order valence-electron chi connectivity index (χ2n) is 8.54. The maximum Gasteiger partial charge on any atom is 0.240 e. The molecule has 9 heteroatoms. The van der Waals surface area contributed by atoms with Crippen LogP contribution in [0.3, 0.4) is 0 Å². The Morgan fingerprint density at radius 3 is 2.71 bits per heavy atom. The molecule has 190 valence electrons. The van der Waals surface area contributed by atoms with Crippen molar-refractivity contribution in [1.29, 1.82) is 0 Å². The van der Waals surface area contributed by atoms with E-state index in [4.69, 9.17) is 16.3 Å². The van der Waals surface area contributed by atoms with E-state index in [0.29, 0.717) is 31.1 Å². The number of halogens is 1. The first kappa shape index (κ1) is 27.2. The molecule has 2 aromatic carbocycles. The van der Waals surface area contributed by atoms with Gasteiger partial charge >= 0.3 is 0 Å². The zero-order valence-corrected chi connectivity index (χ0v) is 21.7. The lowest BCUT2D eigenvalue weighted by atomic mass is 10.1. The van der Waals surface area contributed by atoms with Gasteiger partial charge in [0, 0.05) is 30.2 Å². The molecular weight excluding hydrogens is 486 g/mol. The second kappa shape index (κ2) is 13.1. The molecule has 1 amide bonds. The normalized spacial score (nSPS) is 15.7. The summed E-state index contributed by atoms with van der Waals surface area (Å²) in [6.07, 6.45) is 4.75. The number of amides is 1. The summed E-state index contributed by atoms with van der Waals surface area (Å²) in [5, 5.41) is 3.89. The zero-order valence-electron chi connectivity index (χ0n) is 20.1. The predicted molar refractivity (Wildman–Crippen MR) is 139 cm³/mol. The molecular formula is C26H34ClN3O4S. The van der Waals surface area contributed by atoms with Gasteiger partial charge in [-0.15, -0.1) is 6.58 Å². The number of sulfonamides is 1. The standard InChI is InChI=1S/C26H34ClN3O4S/c1-3-14-29-35(32,33)23-10-7-20(8-11-23)13-16-30(26(31)24-6-5-15-28-24)19-21-18-22(27)9-12-25(21)34-17-4-2/h3,7-12,18,24,28-29H,1,4-6,13-17,19H2,2H3/t24-/m1/s1. The zero-order chi connectivity index (χ0) is 25.3. The van der Waals surface area contributed by atoms with E-state index in [1.54, 1.807) is 30.3 Å². The fourth-order valence-electron chi connectivity index (χ4n) is 3.96. The van der Waals surface area contributed by atoms with E-state index in [-0.39, 0.29) is 23.4 Å². The Labute approximate surface area is 213 Å². The molecule has 1 atom stereocenters. The van der Waals surface area contributed by atoms with Crippen LogP contribution in [-0.4, -0.2) is 51.5 Å². The van der Waals surface area contributed by atoms with Crippen LogP contribution in [0, 0.1) is 0 Å². The summed E-state index contributed by atoms with van der Waals surface area (Å²) in [4.78, 5) is 15.4. The number of ether oxygens (including phenoxy) is 1. The Hall–Kier alpha value is -2.39. The minimum atomic E-state index is -3.57. The summed E-state index contributed by atoms with van der Waals surface area (Å²) in [7, 11) is -3.57. The number of benzene rings is 2. The summed E-state index contributed by atoms with van der Waals surface area (Å²) < 4.78 is 33.0. The van der Waals surface area contributed by atoms with Crippen molar-refractivity contribution in [3.8, 4) is 5.75 Å². The average molecular weight is 520 g/mol. The molecule has 0 saturated carbocycles. The van der Waals surface area contributed by atoms with Gasteiger partial charge < -0.3 is 15.0 Å². The first-order valence-corrected chi connectivity index (χ1v) is 13.8. The molecule has 0 aliphatic carbocycles. The van der Waals surface area contributed by atoms with Crippen molar-refractivity contribution >= 4 is 27.5 Å². The van der Waals surface area contributed by atoms with Crippen molar-refractivity contribution in [2.45, 2.75) is 50.1 Å². The molecule has 1 heterocycles. The number of nitrogens with zero attached hydrogens (tertiary/aromatic N) is 1. The van der Waals surface area contributed by atoms with Gasteiger partial charge in [-0.2, -0.15) is 0 Å². The molecule has 1 aliphatic heterocycles. The minimum absolute atomic E-state index is 0.0525. The quantitative estimate of drug-likeness (QED) is 0.392. The van der Waals surface area contributed by atoms with E-state index in [9.17, 15) is 13.2 Å². The van der Waals surface area contributed by atoms with Crippen molar-refractivity contribution in [1.82, 2.24) is 14.9 Å². The van der Waals surface area contributed by atoms with Crippen LogP contribution in [0.2, 0.25) is 5.02 Å². The van der Waals surface area contributed by atoms with E-state index in [1.165, 1.54) is 6.08 Å². The van der Waals surface area contributed by atoms with Crippen LogP contribution in [-0.2, 0) is 27.8 Å². The van der Waals surface area contributed by atoms with Crippen molar-refractivity contribution in [3.05, 3.63) is 71.3 Å². The SMILES string of the molecule is C=CCNS(=O)(=O)c1ccc(CCN(Cc2cc(Cl)ccc2OCCC)C(=O)[C@H]2CCCN2)cc1. The van der Waals surface area contributed by atoms with E-state index in [1.807, 2.05) is 24.0 Å². The fourth-order valence-corrected chi connectivity index (χ4v) is 5.16. The molecule has 0 radical (unpaired) electrons. The number of carbonyl (C=O) groups is 1. The smallest absolute Gasteiger partial charge is 0.240 e. The Balaban J connectivity index is 1.76. The van der Waals surface area contributed by atoms with Crippen LogP contribution < -0.4 is 14.8 Å². The molecule has 1 fully saturated rings. The van der Waals surface area contributed by atoms with Crippen LogP contribution in [0.15, 0.2) is 60.0 Å². The third kappa shape index (κ3) is 7.80. The van der Waals surface area contributed by atoms with Crippen LogP contribution >= 0.6 is 11.6 Å². The maximum atomic E-state index is 13.4. The Bertz CT molecular complexity index is 1100. The summed E-state index contributed by atoms with van der Waals surface area (Å²) in [6, 6.07) is 12.0. The second-order valence-corrected chi connectivity index (χ2v) is 10.7. The van der Waals surface area contributed by atoms with Crippen LogP contribution in [0.4, 0.5) is 0 Å². The van der Waals surface area contributed by atoms with Gasteiger partial charge in [0.05, 0.1) is 17.5 Å². The van der Waals surface area contributed by atoms with Crippen molar-refractivity contribution in [3.63, 3.8) is 0 Å². The highest BCUT2D eigenvalue weighted by atomic mass is 35.5. The van der Waals surface area contributed by atoms with Gasteiger partial charge in [-0.3, -0.25) is 4.79 Å². The van der Waals surface area contributed by atoms with Crippen molar-refractivity contribution in [2.75, 3.05) is 26.2 Å². The van der Waals surface area contributed by atoms with E-state index < -0.39 is 10.0 Å². The fraction of sp³-hybridized carbons (Fsp3) is 0.423. The highest BCUT2D eigenvalue weighted by Crippen LogP contribution is 2.26. The first-order valence-electron chi connectivity index (χ1n) is 12.0. The highest BCUT2D eigenvalue weighted by molar-refractivity contribution is 7.89. The van der Waals surface area contributed by atoms with Gasteiger partial charge in [0.2, 0.25) is 15.9 Å². The number of nitrogens with one attached hydrogen (secondary N) is 2. The molecule has 1 aliphatic rings. The summed E-state index contributed by atoms with van der Waals surface area (Å²) >= 11 is 6.27. The van der Waals surface area contributed by atoms with E-state index in [0.717, 1.165) is 42.7 Å². The van der Waals surface area contributed by atoms with Gasteiger partial charge in [0.1, 0.15) is 5.75 Å². The van der Waals surface area contributed by atoms with Gasteiger partial charge in [0.25, 0.3) is 0 Å². The molecule has 0 unspecified atom stereocenters. The topological polar surface area (TPSA) is 87.7 Å². The molecule has 3 rings (SSSR count). The van der Waals surface area contributed by atoms with Crippen LogP contribution in [0.1, 0.15) is 37.3 Å². The maximum absolute atomic E-state index is 13.4. The Morgan fingerprint density at radius 1 is 1.29 bits per heavy atom. The minimum Gasteiger partial charge on any atom is -0.493 e. The molecule has 35 heavy (non-hydrogen) atoms. The van der Waals surface area contributed by atoms with Gasteiger partial charge in [0.15, 0.2) is 0 Å². The summed E-state index contributed by atoms with van der Waals surface area (Å²) in [5.41, 5.74) is 1.81. The predicted octanol–water partition coefficient (Wildman–Crippen LogP) is 3.92. The molecule has 0 spiro atoms. The molecule has 0 bridgehead atoms. The molecule has 7 nitrogen and oxygen atoms in total. The molecule has 1 saturated heterocycles. The van der Waals surface area contributed by atoms with Crippen molar-refractivity contribution in [2.24, 2.45) is 0 Å². The average Bonchev–Trinajstić information content (AvgIpc) is 3.40. The third-order valence-electron chi connectivity index (χ3n) is 5.84. The van der Waals surface area contributed by atoms with Gasteiger partial charge in [-0.25, -0.2) is 13.1 Å². The lowest BCUT2D eigenvalue weighted by Crippen LogP contribution is -2.44. The molecule has 0 aromatic heterocycles. The van der Waals surface area contributed by atoms with E-state index in [2.05, 4.69) is 16.6 Å². The molecule has 2 aromatic rings. The Morgan fingerprint density at radius 2 is 2.06 bits per heavy atom. The summed E-state index contributed by atoms with van der Waals surface area (Å²) in [6.45, 7) is 8.04. The number of hydrogen-bond donors (Lipinski definition) is 2.